The van der Waals surface area contributed by atoms with E-state index in [9.17, 15) is 19.7 Å². The van der Waals surface area contributed by atoms with Gasteiger partial charge in [-0.25, -0.2) is 4.79 Å². The third kappa shape index (κ3) is 4.80. The zero-order valence-electron chi connectivity index (χ0n) is 18.5. The van der Waals surface area contributed by atoms with Crippen molar-refractivity contribution in [1.82, 2.24) is 4.90 Å². The molecule has 1 aliphatic heterocycles. The molecule has 2 aromatic carbocycles. The number of benzene rings is 2. The molecule has 1 unspecified atom stereocenters. The van der Waals surface area contributed by atoms with Crippen LogP contribution in [-0.2, 0) is 20.9 Å². The zero-order valence-corrected chi connectivity index (χ0v) is 18.5. The molecule has 32 heavy (non-hydrogen) atoms. The molecule has 0 spiro atoms. The lowest BCUT2D eigenvalue weighted by Gasteiger charge is -2.35. The summed E-state index contributed by atoms with van der Waals surface area (Å²) in [4.78, 5) is 38.2. The molecule has 0 N–H and O–H groups in total. The minimum Gasteiger partial charge on any atom is -0.496 e. The number of nitro groups is 1. The fourth-order valence-electron chi connectivity index (χ4n) is 3.87. The van der Waals surface area contributed by atoms with Crippen LogP contribution in [0.4, 0.5) is 5.69 Å². The quantitative estimate of drug-likeness (QED) is 0.362. The van der Waals surface area contributed by atoms with Crippen molar-refractivity contribution < 1.29 is 24.0 Å². The standard InChI is InChI=1S/C24H26N2O6/c1-15(2)32-24(28)23-16(3)25(14-17-9-11-18(12-10-17)26(29)30)22(27)13-20(23)19-7-5-6-8-21(19)31-4/h5-12,15,20H,13-14H2,1-4H3. The van der Waals surface area contributed by atoms with Crippen molar-refractivity contribution in [2.75, 3.05) is 7.11 Å². The molecule has 8 heteroatoms. The summed E-state index contributed by atoms with van der Waals surface area (Å²) < 4.78 is 11.0. The number of carbonyl (C=O) groups excluding carboxylic acids is 2. The lowest BCUT2D eigenvalue weighted by Crippen LogP contribution is -2.38. The SMILES string of the molecule is COc1ccccc1C1CC(=O)N(Cc2ccc([N+](=O)[O-])cc2)C(C)=C1C(=O)OC(C)C. The van der Waals surface area contributed by atoms with Crippen LogP contribution in [0.15, 0.2) is 59.8 Å². The third-order valence-corrected chi connectivity index (χ3v) is 5.39. The average Bonchev–Trinajstić information content (AvgIpc) is 2.75. The van der Waals surface area contributed by atoms with Crippen LogP contribution >= 0.6 is 0 Å². The number of carbonyl (C=O) groups is 2. The molecule has 0 saturated heterocycles. The van der Waals surface area contributed by atoms with E-state index in [1.165, 1.54) is 17.0 Å². The molecular weight excluding hydrogens is 412 g/mol. The number of rotatable bonds is 7. The largest absolute Gasteiger partial charge is 0.496 e. The summed E-state index contributed by atoms with van der Waals surface area (Å²) in [7, 11) is 1.55. The van der Waals surface area contributed by atoms with Crippen LogP contribution in [-0.4, -0.2) is 34.9 Å². The highest BCUT2D eigenvalue weighted by Crippen LogP contribution is 2.41. The van der Waals surface area contributed by atoms with E-state index in [1.807, 2.05) is 18.2 Å². The lowest BCUT2D eigenvalue weighted by molar-refractivity contribution is -0.384. The van der Waals surface area contributed by atoms with Gasteiger partial charge in [0.25, 0.3) is 5.69 Å². The highest BCUT2D eigenvalue weighted by molar-refractivity contribution is 5.96. The van der Waals surface area contributed by atoms with Gasteiger partial charge in [-0.1, -0.05) is 30.3 Å². The first-order valence-corrected chi connectivity index (χ1v) is 10.3. The Morgan fingerprint density at radius 2 is 1.84 bits per heavy atom. The summed E-state index contributed by atoms with van der Waals surface area (Å²) in [5.41, 5.74) is 2.35. The van der Waals surface area contributed by atoms with Crippen molar-refractivity contribution in [1.29, 1.82) is 0 Å². The first-order chi connectivity index (χ1) is 15.2. The van der Waals surface area contributed by atoms with Crippen molar-refractivity contribution in [2.45, 2.75) is 45.8 Å². The van der Waals surface area contributed by atoms with Gasteiger partial charge < -0.3 is 14.4 Å². The molecule has 0 aromatic heterocycles. The number of ether oxygens (including phenoxy) is 2. The van der Waals surface area contributed by atoms with Gasteiger partial charge in [-0.15, -0.1) is 0 Å². The molecule has 1 aliphatic rings. The minimum absolute atomic E-state index is 0.0246. The maximum Gasteiger partial charge on any atom is 0.336 e. The van der Waals surface area contributed by atoms with Crippen molar-refractivity contribution in [3.05, 3.63) is 81.0 Å². The molecule has 8 nitrogen and oxygen atoms in total. The second kappa shape index (κ2) is 9.64. The monoisotopic (exact) mass is 438 g/mol. The van der Waals surface area contributed by atoms with Gasteiger partial charge in [0.05, 0.1) is 30.3 Å². The van der Waals surface area contributed by atoms with Gasteiger partial charge in [-0.3, -0.25) is 14.9 Å². The summed E-state index contributed by atoms with van der Waals surface area (Å²) in [5, 5.41) is 10.9. The van der Waals surface area contributed by atoms with Crippen LogP contribution < -0.4 is 4.74 Å². The van der Waals surface area contributed by atoms with Crippen LogP contribution in [0.3, 0.4) is 0 Å². The Labute approximate surface area is 186 Å². The molecule has 0 radical (unpaired) electrons. The number of hydrogen-bond donors (Lipinski definition) is 0. The third-order valence-electron chi connectivity index (χ3n) is 5.39. The van der Waals surface area contributed by atoms with Crippen molar-refractivity contribution in [3.63, 3.8) is 0 Å². The predicted molar refractivity (Wildman–Crippen MR) is 118 cm³/mol. The minimum atomic E-state index is -0.502. The van der Waals surface area contributed by atoms with Crippen LogP contribution in [0.2, 0.25) is 0 Å². The van der Waals surface area contributed by atoms with Gasteiger partial charge in [0.1, 0.15) is 5.75 Å². The second-order valence-electron chi connectivity index (χ2n) is 7.86. The average molecular weight is 438 g/mol. The van der Waals surface area contributed by atoms with Crippen molar-refractivity contribution in [3.8, 4) is 5.75 Å². The van der Waals surface area contributed by atoms with E-state index in [2.05, 4.69) is 0 Å². The second-order valence-corrected chi connectivity index (χ2v) is 7.86. The summed E-state index contributed by atoms with van der Waals surface area (Å²) in [6.07, 6.45) is -0.241. The van der Waals surface area contributed by atoms with Crippen molar-refractivity contribution in [2.24, 2.45) is 0 Å². The lowest BCUT2D eigenvalue weighted by atomic mass is 9.83. The highest BCUT2D eigenvalue weighted by Gasteiger charge is 2.38. The fourth-order valence-corrected chi connectivity index (χ4v) is 3.87. The molecule has 0 saturated carbocycles. The number of non-ortho nitro benzene ring substituents is 1. The Balaban J connectivity index is 2.03. The Morgan fingerprint density at radius 1 is 1.19 bits per heavy atom. The van der Waals surface area contributed by atoms with E-state index in [0.717, 1.165) is 11.1 Å². The van der Waals surface area contributed by atoms with Gasteiger partial charge in [0.15, 0.2) is 0 Å². The smallest absolute Gasteiger partial charge is 0.336 e. The summed E-state index contributed by atoms with van der Waals surface area (Å²) in [6, 6.07) is 13.3. The van der Waals surface area contributed by atoms with E-state index in [-0.39, 0.29) is 30.7 Å². The number of hydrogen-bond acceptors (Lipinski definition) is 6. The Kier molecular flexibility index (Phi) is 6.92. The first kappa shape index (κ1) is 23.0. The van der Waals surface area contributed by atoms with E-state index in [1.54, 1.807) is 46.1 Å². The van der Waals surface area contributed by atoms with Gasteiger partial charge in [0, 0.05) is 35.7 Å². The number of esters is 1. The Morgan fingerprint density at radius 3 is 2.44 bits per heavy atom. The zero-order chi connectivity index (χ0) is 23.4. The molecule has 0 aliphatic carbocycles. The number of amides is 1. The predicted octanol–water partition coefficient (Wildman–Crippen LogP) is 4.35. The van der Waals surface area contributed by atoms with Gasteiger partial charge in [-0.2, -0.15) is 0 Å². The summed E-state index contributed by atoms with van der Waals surface area (Å²) in [5.74, 6) is -0.540. The molecule has 0 fully saturated rings. The van der Waals surface area contributed by atoms with E-state index < -0.39 is 16.8 Å². The maximum atomic E-state index is 13.1. The number of allylic oxidation sites excluding steroid dienone is 1. The molecular formula is C24H26N2O6. The van der Waals surface area contributed by atoms with E-state index in [4.69, 9.17) is 9.47 Å². The molecule has 1 atom stereocenters. The molecule has 168 valence electrons. The fraction of sp³-hybridized carbons (Fsp3) is 0.333. The van der Waals surface area contributed by atoms with Crippen LogP contribution in [0.1, 0.15) is 44.2 Å². The van der Waals surface area contributed by atoms with E-state index >= 15 is 0 Å². The molecule has 1 amide bonds. The first-order valence-electron chi connectivity index (χ1n) is 10.3. The van der Waals surface area contributed by atoms with Crippen LogP contribution in [0.25, 0.3) is 0 Å². The molecule has 1 heterocycles. The van der Waals surface area contributed by atoms with Gasteiger partial charge >= 0.3 is 5.97 Å². The normalized spacial score (nSPS) is 16.3. The van der Waals surface area contributed by atoms with Gasteiger partial charge in [0.2, 0.25) is 5.91 Å². The molecule has 0 bridgehead atoms. The topological polar surface area (TPSA) is 99.0 Å². The number of nitrogens with zero attached hydrogens (tertiary/aromatic N) is 2. The maximum absolute atomic E-state index is 13.1. The Hall–Kier alpha value is -3.68. The molecule has 3 rings (SSSR count). The Bertz CT molecular complexity index is 1060. The summed E-state index contributed by atoms with van der Waals surface area (Å²) in [6.45, 7) is 5.46. The van der Waals surface area contributed by atoms with E-state index in [0.29, 0.717) is 17.0 Å². The number of para-hydroxylation sites is 1. The number of methoxy groups -OCH3 is 1. The van der Waals surface area contributed by atoms with Gasteiger partial charge in [-0.05, 0) is 32.4 Å². The highest BCUT2D eigenvalue weighted by atomic mass is 16.6. The van der Waals surface area contributed by atoms with Crippen molar-refractivity contribution >= 4 is 17.6 Å². The van der Waals surface area contributed by atoms with Crippen LogP contribution in [0, 0.1) is 10.1 Å². The summed E-state index contributed by atoms with van der Waals surface area (Å²) >= 11 is 0. The molecule has 2 aromatic rings. The van der Waals surface area contributed by atoms with Crippen LogP contribution in [0.5, 0.6) is 5.75 Å². The number of nitro benzene ring substituents is 1.